The molecule has 0 aliphatic carbocycles. The highest BCUT2D eigenvalue weighted by Gasteiger charge is 2.32. The molecule has 3 nitrogen and oxygen atoms in total. The number of hydrogen-bond acceptors (Lipinski definition) is 3. The lowest BCUT2D eigenvalue weighted by Crippen LogP contribution is -2.31. The molecule has 1 atom stereocenters. The fourth-order valence-corrected chi connectivity index (χ4v) is 5.27. The van der Waals surface area contributed by atoms with Crippen molar-refractivity contribution in [1.82, 2.24) is 9.78 Å². The standard InChI is InChI=1S/C29H29N3S/c1-21-9-12-26(13-10-21)32-27-14-11-23(17-24(27)18-31-32)28(22-7-5-4-6-8-22)29(2,3)20-30-25-15-16-33-19-25/h4-19,28,30H,20H2,1-3H3. The van der Waals surface area contributed by atoms with Crippen molar-refractivity contribution in [1.29, 1.82) is 0 Å². The first-order valence-electron chi connectivity index (χ1n) is 11.4. The van der Waals surface area contributed by atoms with Crippen LogP contribution < -0.4 is 5.32 Å². The predicted octanol–water partition coefficient (Wildman–Crippen LogP) is 7.67. The zero-order valence-electron chi connectivity index (χ0n) is 19.3. The minimum Gasteiger partial charge on any atom is -0.384 e. The van der Waals surface area contributed by atoms with Crippen LogP contribution >= 0.6 is 11.3 Å². The van der Waals surface area contributed by atoms with Gasteiger partial charge in [0, 0.05) is 28.9 Å². The molecular formula is C29H29N3S. The Labute approximate surface area is 199 Å². The van der Waals surface area contributed by atoms with Crippen LogP contribution in [0.5, 0.6) is 0 Å². The monoisotopic (exact) mass is 451 g/mol. The molecule has 0 spiro atoms. The Bertz CT molecular complexity index is 1330. The number of hydrogen-bond donors (Lipinski definition) is 1. The molecule has 0 fully saturated rings. The van der Waals surface area contributed by atoms with Crippen molar-refractivity contribution in [2.75, 3.05) is 11.9 Å². The molecule has 0 amide bonds. The van der Waals surface area contributed by atoms with Crippen LogP contribution in [0.15, 0.2) is 95.8 Å². The predicted molar refractivity (Wildman–Crippen MR) is 141 cm³/mol. The third-order valence-electron chi connectivity index (χ3n) is 6.39. The van der Waals surface area contributed by atoms with Gasteiger partial charge in [-0.15, -0.1) is 0 Å². The van der Waals surface area contributed by atoms with Crippen LogP contribution in [0.2, 0.25) is 0 Å². The first kappa shape index (κ1) is 21.5. The number of fused-ring (bicyclic) bond motifs is 1. The number of aryl methyl sites for hydroxylation is 1. The zero-order valence-corrected chi connectivity index (χ0v) is 20.1. The van der Waals surface area contributed by atoms with Crippen LogP contribution in [0.25, 0.3) is 16.6 Å². The molecule has 2 heterocycles. The summed E-state index contributed by atoms with van der Waals surface area (Å²) in [7, 11) is 0. The summed E-state index contributed by atoms with van der Waals surface area (Å²) >= 11 is 1.72. The number of rotatable bonds is 7. The Balaban J connectivity index is 1.53. The van der Waals surface area contributed by atoms with Crippen LogP contribution in [-0.2, 0) is 0 Å². The molecular weight excluding hydrogens is 422 g/mol. The number of nitrogens with zero attached hydrogens (tertiary/aromatic N) is 2. The van der Waals surface area contributed by atoms with E-state index in [4.69, 9.17) is 5.10 Å². The molecule has 2 aromatic heterocycles. The maximum absolute atomic E-state index is 4.71. The third-order valence-corrected chi connectivity index (χ3v) is 7.07. The number of thiophene rings is 1. The van der Waals surface area contributed by atoms with Gasteiger partial charge in [-0.1, -0.05) is 67.9 Å². The largest absolute Gasteiger partial charge is 0.384 e. The second kappa shape index (κ2) is 8.87. The Morgan fingerprint density at radius 1 is 0.939 bits per heavy atom. The lowest BCUT2D eigenvalue weighted by atomic mass is 9.71. The fraction of sp³-hybridized carbons (Fsp3) is 0.207. The van der Waals surface area contributed by atoms with Crippen molar-refractivity contribution >= 4 is 27.9 Å². The average molecular weight is 452 g/mol. The van der Waals surface area contributed by atoms with Gasteiger partial charge >= 0.3 is 0 Å². The molecule has 1 N–H and O–H groups in total. The van der Waals surface area contributed by atoms with E-state index in [0.29, 0.717) is 0 Å². The summed E-state index contributed by atoms with van der Waals surface area (Å²) in [6.07, 6.45) is 1.98. The first-order chi connectivity index (χ1) is 16.0. The van der Waals surface area contributed by atoms with E-state index in [9.17, 15) is 0 Å². The van der Waals surface area contributed by atoms with E-state index in [1.165, 1.54) is 22.4 Å². The van der Waals surface area contributed by atoms with E-state index in [2.05, 4.69) is 116 Å². The SMILES string of the molecule is Cc1ccc(-n2ncc3cc(C(c4ccccc4)C(C)(C)CNc4ccsc4)ccc32)cc1. The molecule has 166 valence electrons. The number of anilines is 1. The van der Waals surface area contributed by atoms with Crippen LogP contribution in [0.1, 0.15) is 36.5 Å². The third kappa shape index (κ3) is 4.44. The van der Waals surface area contributed by atoms with Gasteiger partial charge in [-0.25, -0.2) is 4.68 Å². The highest BCUT2D eigenvalue weighted by molar-refractivity contribution is 7.08. The maximum atomic E-state index is 4.71. The van der Waals surface area contributed by atoms with E-state index in [1.807, 2.05) is 10.9 Å². The quantitative estimate of drug-likeness (QED) is 0.275. The average Bonchev–Trinajstić information content (AvgIpc) is 3.49. The summed E-state index contributed by atoms with van der Waals surface area (Å²) < 4.78 is 2.03. The van der Waals surface area contributed by atoms with E-state index < -0.39 is 0 Å². The molecule has 1 unspecified atom stereocenters. The molecule has 0 saturated carbocycles. The fourth-order valence-electron chi connectivity index (χ4n) is 4.66. The minimum absolute atomic E-state index is 0.0100. The van der Waals surface area contributed by atoms with Crippen LogP contribution in [0.3, 0.4) is 0 Å². The summed E-state index contributed by atoms with van der Waals surface area (Å²) in [4.78, 5) is 0. The Morgan fingerprint density at radius 3 is 2.45 bits per heavy atom. The van der Waals surface area contributed by atoms with Crippen molar-refractivity contribution in [2.45, 2.75) is 26.7 Å². The maximum Gasteiger partial charge on any atom is 0.0741 e. The van der Waals surface area contributed by atoms with Gasteiger partial charge in [0.2, 0.25) is 0 Å². The van der Waals surface area contributed by atoms with Gasteiger partial charge in [0.05, 0.1) is 17.4 Å². The molecule has 0 bridgehead atoms. The van der Waals surface area contributed by atoms with Crippen molar-refractivity contribution in [2.24, 2.45) is 5.41 Å². The van der Waals surface area contributed by atoms with Crippen molar-refractivity contribution in [3.05, 3.63) is 113 Å². The van der Waals surface area contributed by atoms with E-state index in [1.54, 1.807) is 11.3 Å². The Kier molecular flexibility index (Phi) is 5.77. The summed E-state index contributed by atoms with van der Waals surface area (Å²) in [6, 6.07) is 28.3. The van der Waals surface area contributed by atoms with E-state index in [0.717, 1.165) is 23.1 Å². The smallest absolute Gasteiger partial charge is 0.0741 e. The Morgan fingerprint density at radius 2 is 1.73 bits per heavy atom. The Hall–Kier alpha value is -3.37. The van der Waals surface area contributed by atoms with Crippen molar-refractivity contribution in [3.8, 4) is 5.69 Å². The summed E-state index contributed by atoms with van der Waals surface area (Å²) in [5, 5.41) is 13.8. The van der Waals surface area contributed by atoms with Crippen molar-refractivity contribution < 1.29 is 0 Å². The van der Waals surface area contributed by atoms with Gasteiger partial charge in [-0.3, -0.25) is 0 Å². The molecule has 4 heteroatoms. The first-order valence-corrected chi connectivity index (χ1v) is 12.3. The number of benzene rings is 3. The summed E-state index contributed by atoms with van der Waals surface area (Å²) in [5.41, 5.74) is 7.29. The molecule has 5 aromatic rings. The normalized spacial score (nSPS) is 12.7. The van der Waals surface area contributed by atoms with Gasteiger partial charge in [0.1, 0.15) is 0 Å². The topological polar surface area (TPSA) is 29.9 Å². The lowest BCUT2D eigenvalue weighted by Gasteiger charge is -2.36. The second-order valence-electron chi connectivity index (χ2n) is 9.41. The van der Waals surface area contributed by atoms with Gasteiger partial charge in [0.25, 0.3) is 0 Å². The van der Waals surface area contributed by atoms with Crippen LogP contribution in [0.4, 0.5) is 5.69 Å². The zero-order chi connectivity index (χ0) is 22.8. The van der Waals surface area contributed by atoms with Gasteiger partial charge < -0.3 is 5.32 Å². The molecule has 0 radical (unpaired) electrons. The summed E-state index contributed by atoms with van der Waals surface area (Å²) in [6.45, 7) is 7.69. The number of aromatic nitrogens is 2. The molecule has 3 aromatic carbocycles. The lowest BCUT2D eigenvalue weighted by molar-refractivity contribution is 0.340. The highest BCUT2D eigenvalue weighted by atomic mass is 32.1. The van der Waals surface area contributed by atoms with Gasteiger partial charge in [-0.05, 0) is 59.2 Å². The molecule has 5 rings (SSSR count). The summed E-state index contributed by atoms with van der Waals surface area (Å²) in [5.74, 6) is 0.247. The van der Waals surface area contributed by atoms with Crippen molar-refractivity contribution in [3.63, 3.8) is 0 Å². The van der Waals surface area contributed by atoms with Crippen LogP contribution in [0, 0.1) is 12.3 Å². The van der Waals surface area contributed by atoms with Gasteiger partial charge in [0.15, 0.2) is 0 Å². The highest BCUT2D eigenvalue weighted by Crippen LogP contribution is 2.42. The van der Waals surface area contributed by atoms with Crippen LogP contribution in [-0.4, -0.2) is 16.3 Å². The van der Waals surface area contributed by atoms with E-state index >= 15 is 0 Å². The van der Waals surface area contributed by atoms with E-state index in [-0.39, 0.29) is 11.3 Å². The molecule has 0 saturated heterocycles. The van der Waals surface area contributed by atoms with Gasteiger partial charge in [-0.2, -0.15) is 16.4 Å². The molecule has 0 aliphatic rings. The minimum atomic E-state index is -0.0100. The molecule has 33 heavy (non-hydrogen) atoms. The number of nitrogens with one attached hydrogen (secondary N) is 1. The molecule has 0 aliphatic heterocycles. The second-order valence-corrected chi connectivity index (χ2v) is 10.2.